The van der Waals surface area contributed by atoms with E-state index in [1.165, 1.54) is 0 Å². The number of anilines is 1. The number of primary sulfonamides is 1. The van der Waals surface area contributed by atoms with Crippen molar-refractivity contribution in [1.29, 1.82) is 0 Å². The number of hydrogen-bond donors (Lipinski definition) is 2. The van der Waals surface area contributed by atoms with Gasteiger partial charge in [0.2, 0.25) is 10.0 Å². The number of nitrogens with zero attached hydrogens (tertiary/aromatic N) is 3. The predicted molar refractivity (Wildman–Crippen MR) is 67.2 cm³/mol. The maximum Gasteiger partial charge on any atom is 0.210 e. The van der Waals surface area contributed by atoms with Crippen LogP contribution in [0.3, 0.4) is 0 Å². The number of fused-ring (bicyclic) bond motifs is 1. The van der Waals surface area contributed by atoms with Gasteiger partial charge in [0.1, 0.15) is 4.60 Å². The molecule has 7 nitrogen and oxygen atoms in total. The third-order valence-corrected chi connectivity index (χ3v) is 3.18. The Balaban J connectivity index is 2.20. The maximum atomic E-state index is 10.8. The summed E-state index contributed by atoms with van der Waals surface area (Å²) in [5, 5.41) is 7.79. The van der Waals surface area contributed by atoms with Gasteiger partial charge in [0.25, 0.3) is 0 Å². The van der Waals surface area contributed by atoms with Crippen LogP contribution in [-0.4, -0.2) is 35.1 Å². The molecule has 3 N–H and O–H groups in total. The van der Waals surface area contributed by atoms with E-state index in [1.54, 1.807) is 23.0 Å². The molecule has 2 aromatic heterocycles. The molecular weight excluding hydrogens is 310 g/mol. The molecule has 0 aliphatic rings. The minimum Gasteiger partial charge on any atom is -0.366 e. The summed E-state index contributed by atoms with van der Waals surface area (Å²) in [6, 6.07) is 0. The van der Waals surface area contributed by atoms with Crippen LogP contribution >= 0.6 is 15.9 Å². The zero-order valence-electron chi connectivity index (χ0n) is 8.67. The number of rotatable bonds is 4. The fraction of sp³-hybridized carbons (Fsp3) is 0.250. The summed E-state index contributed by atoms with van der Waals surface area (Å²) in [5.74, 6) is 0.349. The second-order valence-electron chi connectivity index (χ2n) is 3.36. The van der Waals surface area contributed by atoms with E-state index in [0.717, 1.165) is 0 Å². The van der Waals surface area contributed by atoms with Crippen LogP contribution in [0.5, 0.6) is 0 Å². The van der Waals surface area contributed by atoms with Crippen molar-refractivity contribution in [2.45, 2.75) is 0 Å². The fourth-order valence-corrected chi connectivity index (χ4v) is 2.12. The van der Waals surface area contributed by atoms with Crippen molar-refractivity contribution in [2.24, 2.45) is 5.14 Å². The SMILES string of the molecule is NS(=O)(=O)CCNc1nc(Br)cn2ccnc12. The van der Waals surface area contributed by atoms with Crippen molar-refractivity contribution in [3.8, 4) is 0 Å². The number of imidazole rings is 1. The van der Waals surface area contributed by atoms with Crippen molar-refractivity contribution < 1.29 is 8.42 Å². The van der Waals surface area contributed by atoms with E-state index in [2.05, 4.69) is 31.2 Å². The standard InChI is InChI=1S/C8H10BrN5O2S/c9-6-5-14-3-1-12-8(14)7(13-6)11-2-4-17(10,15)16/h1,3,5H,2,4H2,(H,11,13)(H2,10,15,16). The van der Waals surface area contributed by atoms with E-state index in [-0.39, 0.29) is 12.3 Å². The van der Waals surface area contributed by atoms with E-state index in [1.807, 2.05) is 0 Å². The van der Waals surface area contributed by atoms with Gasteiger partial charge in [-0.1, -0.05) is 0 Å². The van der Waals surface area contributed by atoms with Gasteiger partial charge in [-0.15, -0.1) is 0 Å². The topological polar surface area (TPSA) is 102 Å². The highest BCUT2D eigenvalue weighted by molar-refractivity contribution is 9.10. The predicted octanol–water partition coefficient (Wildman–Crippen LogP) is 0.192. The Morgan fingerprint density at radius 1 is 1.53 bits per heavy atom. The van der Waals surface area contributed by atoms with Gasteiger partial charge in [-0.25, -0.2) is 23.5 Å². The highest BCUT2D eigenvalue weighted by Gasteiger charge is 2.07. The molecule has 0 radical (unpaired) electrons. The molecule has 0 fully saturated rings. The van der Waals surface area contributed by atoms with E-state index in [9.17, 15) is 8.42 Å². The molecule has 0 aliphatic carbocycles. The van der Waals surface area contributed by atoms with Crippen LogP contribution in [0.15, 0.2) is 23.2 Å². The molecule has 0 unspecified atom stereocenters. The lowest BCUT2D eigenvalue weighted by molar-refractivity contribution is 0.598. The van der Waals surface area contributed by atoms with Gasteiger partial charge in [0.15, 0.2) is 11.5 Å². The van der Waals surface area contributed by atoms with Crippen LogP contribution in [0.2, 0.25) is 0 Å². The first kappa shape index (κ1) is 12.3. The third kappa shape index (κ3) is 3.14. The van der Waals surface area contributed by atoms with Crippen molar-refractivity contribution in [3.05, 3.63) is 23.2 Å². The van der Waals surface area contributed by atoms with Crippen LogP contribution in [-0.2, 0) is 10.0 Å². The third-order valence-electron chi connectivity index (χ3n) is 2.02. The summed E-state index contributed by atoms with van der Waals surface area (Å²) in [4.78, 5) is 8.29. The van der Waals surface area contributed by atoms with E-state index in [0.29, 0.717) is 16.1 Å². The first-order valence-electron chi connectivity index (χ1n) is 4.69. The smallest absolute Gasteiger partial charge is 0.210 e. The summed E-state index contributed by atoms with van der Waals surface area (Å²) < 4.78 is 24.0. The second kappa shape index (κ2) is 4.59. The quantitative estimate of drug-likeness (QED) is 0.837. The molecule has 0 aromatic carbocycles. The molecule has 0 aliphatic heterocycles. The number of sulfonamides is 1. The van der Waals surface area contributed by atoms with Gasteiger partial charge in [-0.05, 0) is 15.9 Å². The van der Waals surface area contributed by atoms with Crippen LogP contribution in [0.4, 0.5) is 5.82 Å². The Hall–Kier alpha value is -1.19. The molecule has 0 spiro atoms. The van der Waals surface area contributed by atoms with E-state index in [4.69, 9.17) is 5.14 Å². The van der Waals surface area contributed by atoms with Crippen LogP contribution in [0.1, 0.15) is 0 Å². The lowest BCUT2D eigenvalue weighted by Gasteiger charge is -2.06. The fourth-order valence-electron chi connectivity index (χ4n) is 1.33. The summed E-state index contributed by atoms with van der Waals surface area (Å²) in [6.07, 6.45) is 5.16. The Morgan fingerprint density at radius 2 is 2.29 bits per heavy atom. The normalized spacial score (nSPS) is 11.9. The average Bonchev–Trinajstić information content (AvgIpc) is 2.63. The Bertz CT molecular complexity index is 638. The number of halogens is 1. The molecule has 17 heavy (non-hydrogen) atoms. The molecule has 2 rings (SSSR count). The summed E-state index contributed by atoms with van der Waals surface area (Å²) >= 11 is 3.26. The number of aromatic nitrogens is 3. The van der Waals surface area contributed by atoms with E-state index < -0.39 is 10.0 Å². The van der Waals surface area contributed by atoms with Crippen molar-refractivity contribution in [1.82, 2.24) is 14.4 Å². The lowest BCUT2D eigenvalue weighted by atomic mass is 10.5. The molecule has 0 saturated heterocycles. The zero-order chi connectivity index (χ0) is 12.5. The minimum atomic E-state index is -3.47. The highest BCUT2D eigenvalue weighted by Crippen LogP contribution is 2.16. The minimum absolute atomic E-state index is 0.159. The van der Waals surface area contributed by atoms with Gasteiger partial charge in [-0.3, -0.25) is 0 Å². The van der Waals surface area contributed by atoms with Crippen LogP contribution in [0, 0.1) is 0 Å². The Labute approximate surface area is 106 Å². The summed E-state index contributed by atoms with van der Waals surface area (Å²) in [5.41, 5.74) is 0.627. The molecule has 2 aromatic rings. The number of nitrogens with two attached hydrogens (primary N) is 1. The van der Waals surface area contributed by atoms with Crippen molar-refractivity contribution in [2.75, 3.05) is 17.6 Å². The average molecular weight is 320 g/mol. The molecule has 0 amide bonds. The largest absolute Gasteiger partial charge is 0.366 e. The van der Waals surface area contributed by atoms with Crippen LogP contribution < -0.4 is 10.5 Å². The van der Waals surface area contributed by atoms with Gasteiger partial charge in [0.05, 0.1) is 5.75 Å². The molecule has 9 heteroatoms. The molecule has 0 saturated carbocycles. The van der Waals surface area contributed by atoms with Gasteiger partial charge in [0, 0.05) is 25.1 Å². The van der Waals surface area contributed by atoms with E-state index >= 15 is 0 Å². The Morgan fingerprint density at radius 3 is 3.00 bits per heavy atom. The maximum absolute atomic E-state index is 10.8. The van der Waals surface area contributed by atoms with Crippen molar-refractivity contribution >= 4 is 37.4 Å². The molecule has 92 valence electrons. The Kier molecular flexibility index (Phi) is 3.31. The first-order valence-corrected chi connectivity index (χ1v) is 7.20. The van der Waals surface area contributed by atoms with Gasteiger partial charge >= 0.3 is 0 Å². The zero-order valence-corrected chi connectivity index (χ0v) is 11.1. The molecule has 2 heterocycles. The van der Waals surface area contributed by atoms with Crippen LogP contribution in [0.25, 0.3) is 5.65 Å². The monoisotopic (exact) mass is 319 g/mol. The molecule has 0 bridgehead atoms. The number of hydrogen-bond acceptors (Lipinski definition) is 5. The highest BCUT2D eigenvalue weighted by atomic mass is 79.9. The molecule has 0 atom stereocenters. The second-order valence-corrected chi connectivity index (χ2v) is 5.91. The lowest BCUT2D eigenvalue weighted by Crippen LogP contribution is -2.22. The van der Waals surface area contributed by atoms with Crippen molar-refractivity contribution in [3.63, 3.8) is 0 Å². The summed E-state index contributed by atoms with van der Waals surface area (Å²) in [7, 11) is -3.47. The van der Waals surface area contributed by atoms with Gasteiger partial charge in [-0.2, -0.15) is 0 Å². The summed E-state index contributed by atoms with van der Waals surface area (Å²) in [6.45, 7) is 0.185. The molecular formula is C8H10BrN5O2S. The van der Waals surface area contributed by atoms with Gasteiger partial charge < -0.3 is 9.72 Å². The number of nitrogens with one attached hydrogen (secondary N) is 1. The first-order chi connectivity index (χ1) is 7.96.